The first-order valence-corrected chi connectivity index (χ1v) is 17.9. The summed E-state index contributed by atoms with van der Waals surface area (Å²) in [6, 6.07) is 21.2. The number of amides is 4. The van der Waals surface area contributed by atoms with E-state index in [-0.39, 0.29) is 47.9 Å². The maximum atomic E-state index is 14.3. The summed E-state index contributed by atoms with van der Waals surface area (Å²) < 4.78 is 40.3. The van der Waals surface area contributed by atoms with E-state index in [0.717, 1.165) is 16.0 Å². The Morgan fingerprint density at radius 2 is 1.55 bits per heavy atom. The van der Waals surface area contributed by atoms with Gasteiger partial charge in [0.05, 0.1) is 27.5 Å². The van der Waals surface area contributed by atoms with Crippen molar-refractivity contribution in [2.45, 2.75) is 56.3 Å². The number of anilines is 1. The van der Waals surface area contributed by atoms with Gasteiger partial charge in [0.1, 0.15) is 6.42 Å². The van der Waals surface area contributed by atoms with Crippen LogP contribution in [0.4, 0.5) is 18.9 Å². The molecule has 2 aliphatic heterocycles. The second-order valence-corrected chi connectivity index (χ2v) is 14.3. The van der Waals surface area contributed by atoms with Crippen LogP contribution in [0, 0.1) is 0 Å². The number of carbonyl (C=O) groups excluding carboxylic acids is 4. The Bertz CT molecular complexity index is 1810. The number of hydrogen-bond acceptors (Lipinski definition) is 5. The highest BCUT2D eigenvalue weighted by atomic mass is 35.5. The fourth-order valence-corrected chi connectivity index (χ4v) is 7.75. The van der Waals surface area contributed by atoms with Gasteiger partial charge in [0.25, 0.3) is 0 Å². The van der Waals surface area contributed by atoms with Crippen molar-refractivity contribution in [2.75, 3.05) is 51.7 Å². The minimum Gasteiger partial charge on any atom is -0.346 e. The van der Waals surface area contributed by atoms with Crippen molar-refractivity contribution < 1.29 is 32.3 Å². The zero-order valence-corrected chi connectivity index (χ0v) is 32.0. The van der Waals surface area contributed by atoms with Gasteiger partial charge in [0, 0.05) is 52.5 Å². The van der Waals surface area contributed by atoms with Crippen LogP contribution in [-0.4, -0.2) is 91.3 Å². The Labute approximate surface area is 323 Å². The predicted octanol–water partition coefficient (Wildman–Crippen LogP) is 6.59. The number of benzene rings is 3. The normalized spacial score (nSPS) is 16.4. The third-order valence-corrected chi connectivity index (χ3v) is 11.0. The molecule has 3 aromatic carbocycles. The average Bonchev–Trinajstić information content (AvgIpc) is 3.11. The molecular formula is C38H43Cl3F3N5O4. The van der Waals surface area contributed by atoms with Crippen molar-refractivity contribution in [3.8, 4) is 0 Å². The molecule has 0 bridgehead atoms. The van der Waals surface area contributed by atoms with Gasteiger partial charge in [0.15, 0.2) is 0 Å². The van der Waals surface area contributed by atoms with Crippen LogP contribution >= 0.6 is 35.6 Å². The summed E-state index contributed by atoms with van der Waals surface area (Å²) in [5.74, 6) is -3.02. The van der Waals surface area contributed by atoms with E-state index in [0.29, 0.717) is 50.1 Å². The van der Waals surface area contributed by atoms with Crippen LogP contribution in [0.2, 0.25) is 10.0 Å². The number of para-hydroxylation sites is 1. The van der Waals surface area contributed by atoms with E-state index in [9.17, 15) is 32.3 Å². The lowest BCUT2D eigenvalue weighted by atomic mass is 9.75. The van der Waals surface area contributed by atoms with Gasteiger partial charge in [-0.05, 0) is 67.1 Å². The molecule has 1 atom stereocenters. The lowest BCUT2D eigenvalue weighted by Crippen LogP contribution is -2.59. The predicted molar refractivity (Wildman–Crippen MR) is 201 cm³/mol. The zero-order chi connectivity index (χ0) is 37.8. The van der Waals surface area contributed by atoms with Gasteiger partial charge in [-0.25, -0.2) is 0 Å². The number of carbonyl (C=O) groups is 4. The molecule has 1 saturated heterocycles. The van der Waals surface area contributed by atoms with Crippen molar-refractivity contribution in [3.63, 3.8) is 0 Å². The molecular weight excluding hydrogens is 754 g/mol. The molecule has 53 heavy (non-hydrogen) atoms. The fraction of sp³-hybridized carbons (Fsp3) is 0.421. The topological polar surface area (TPSA) is 93.3 Å². The Hall–Kier alpha value is -3.84. The molecule has 9 nitrogen and oxygen atoms in total. The number of hydrogen-bond donors (Lipinski definition) is 1. The van der Waals surface area contributed by atoms with Crippen molar-refractivity contribution in [2.24, 2.45) is 0 Å². The van der Waals surface area contributed by atoms with Gasteiger partial charge in [-0.2, -0.15) is 13.2 Å². The monoisotopic (exact) mass is 795 g/mol. The second-order valence-electron chi connectivity index (χ2n) is 13.5. The van der Waals surface area contributed by atoms with E-state index in [2.05, 4.69) is 10.2 Å². The van der Waals surface area contributed by atoms with Crippen LogP contribution in [0.5, 0.6) is 0 Å². The second kappa shape index (κ2) is 17.1. The van der Waals surface area contributed by atoms with E-state index in [1.54, 1.807) is 43.3 Å². The fourth-order valence-electron chi connectivity index (χ4n) is 7.45. The van der Waals surface area contributed by atoms with Crippen LogP contribution < -0.4 is 10.2 Å². The number of nitrogens with zero attached hydrogens (tertiary/aromatic N) is 4. The molecule has 1 spiro atoms. The maximum absolute atomic E-state index is 14.3. The molecule has 0 aliphatic carbocycles. The summed E-state index contributed by atoms with van der Waals surface area (Å²) >= 11 is 12.8. The molecule has 3 aromatic rings. The Morgan fingerprint density at radius 1 is 0.906 bits per heavy atom. The summed E-state index contributed by atoms with van der Waals surface area (Å²) in [4.78, 5) is 59.6. The summed E-state index contributed by atoms with van der Waals surface area (Å²) in [6.07, 6.45) is -4.82. The van der Waals surface area contributed by atoms with E-state index < -0.39 is 41.4 Å². The quantitative estimate of drug-likeness (QED) is 0.234. The van der Waals surface area contributed by atoms with Crippen molar-refractivity contribution in [1.29, 1.82) is 0 Å². The average molecular weight is 797 g/mol. The molecule has 15 heteroatoms. The zero-order valence-electron chi connectivity index (χ0n) is 29.7. The number of piperidine rings is 1. The van der Waals surface area contributed by atoms with Gasteiger partial charge in [0.2, 0.25) is 11.8 Å². The smallest absolute Gasteiger partial charge is 0.346 e. The molecule has 0 aromatic heterocycles. The molecule has 1 N–H and O–H groups in total. The number of halogens is 6. The highest BCUT2D eigenvalue weighted by molar-refractivity contribution is 6.42. The first kappa shape index (κ1) is 41.9. The molecule has 286 valence electrons. The number of nitrogens with one attached hydrogen (secondary N) is 1. The number of rotatable bonds is 10. The molecule has 5 rings (SSSR count). The third-order valence-electron chi connectivity index (χ3n) is 10.3. The summed E-state index contributed by atoms with van der Waals surface area (Å²) in [6.45, 7) is 2.96. The Balaban J connectivity index is 0.00000627. The molecule has 2 aliphatic rings. The van der Waals surface area contributed by atoms with Crippen LogP contribution in [-0.2, 0) is 36.7 Å². The maximum Gasteiger partial charge on any atom is 0.397 e. The van der Waals surface area contributed by atoms with Crippen LogP contribution in [0.1, 0.15) is 49.3 Å². The lowest BCUT2D eigenvalue weighted by Gasteiger charge is -2.48. The summed E-state index contributed by atoms with van der Waals surface area (Å²) in [5, 5.41) is 3.57. The SMILES string of the molecule is CCN(C(=O)C(=O)N(C)[C@](CCN1CCC2(CC1)NC(=O)Cc1ccccc12)(CN(C)C(=O)CC(F)(F)F)c1ccc(Cl)c(Cl)c1)c1ccccc1.Cl. The third kappa shape index (κ3) is 9.28. The highest BCUT2D eigenvalue weighted by Gasteiger charge is 2.46. The number of likely N-dealkylation sites (N-methyl/N-ethyl adjacent to an activating group) is 3. The molecule has 0 radical (unpaired) electrons. The number of likely N-dealkylation sites (tertiary alicyclic amines) is 1. The standard InChI is InChI=1S/C38H42Cl2F3N5O4.ClH/c1-4-48(28-11-6-5-7-12-28)35(52)34(51)46(3)37(27-14-15-30(39)31(40)23-27,25-45(2)33(50)24-38(41,42)43)18-21-47-19-16-36(17-20-47)29-13-9-8-10-26(29)22-32(49)44-36;/h5-15,23H,4,16-22,24-25H2,1-3H3,(H,44,49);1H/t37-;/m1./s1. The van der Waals surface area contributed by atoms with Crippen molar-refractivity contribution in [3.05, 3.63) is 99.5 Å². The van der Waals surface area contributed by atoms with Gasteiger partial charge >= 0.3 is 18.0 Å². The molecule has 4 amide bonds. The first-order chi connectivity index (χ1) is 24.6. The van der Waals surface area contributed by atoms with Crippen molar-refractivity contribution >= 4 is 64.9 Å². The molecule has 0 unspecified atom stereocenters. The van der Waals surface area contributed by atoms with Gasteiger partial charge < -0.3 is 24.9 Å². The van der Waals surface area contributed by atoms with E-state index >= 15 is 0 Å². The molecule has 0 saturated carbocycles. The van der Waals surface area contributed by atoms with Crippen molar-refractivity contribution in [1.82, 2.24) is 20.0 Å². The number of alkyl halides is 3. The Kier molecular flexibility index (Phi) is 13.5. The minimum absolute atomic E-state index is 0. The largest absolute Gasteiger partial charge is 0.397 e. The van der Waals surface area contributed by atoms with Crippen LogP contribution in [0.15, 0.2) is 72.8 Å². The Morgan fingerprint density at radius 3 is 2.17 bits per heavy atom. The number of fused-ring (bicyclic) bond motifs is 2. The summed E-state index contributed by atoms with van der Waals surface area (Å²) in [5.41, 5.74) is 0.898. The molecule has 1 fully saturated rings. The van der Waals surface area contributed by atoms with Gasteiger partial charge in [-0.1, -0.05) is 71.7 Å². The van der Waals surface area contributed by atoms with E-state index in [1.807, 2.05) is 24.3 Å². The minimum atomic E-state index is -4.76. The van der Waals surface area contributed by atoms with E-state index in [1.165, 1.54) is 36.0 Å². The van der Waals surface area contributed by atoms with E-state index in [4.69, 9.17) is 23.2 Å². The van der Waals surface area contributed by atoms with Gasteiger partial charge in [-0.15, -0.1) is 12.4 Å². The van der Waals surface area contributed by atoms with Crippen LogP contribution in [0.3, 0.4) is 0 Å². The molecule has 2 heterocycles. The summed E-state index contributed by atoms with van der Waals surface area (Å²) in [7, 11) is 2.67. The lowest BCUT2D eigenvalue weighted by molar-refractivity contribution is -0.163. The van der Waals surface area contributed by atoms with Crippen LogP contribution in [0.25, 0.3) is 0 Å². The highest BCUT2D eigenvalue weighted by Crippen LogP contribution is 2.40. The first-order valence-electron chi connectivity index (χ1n) is 17.1. The van der Waals surface area contributed by atoms with Gasteiger partial charge in [-0.3, -0.25) is 19.2 Å².